The molecule has 134 valence electrons. The lowest BCUT2D eigenvalue weighted by atomic mass is 9.92. The van der Waals surface area contributed by atoms with E-state index in [2.05, 4.69) is 29.4 Å². The van der Waals surface area contributed by atoms with Crippen molar-refractivity contribution in [3.8, 4) is 5.75 Å². The van der Waals surface area contributed by atoms with E-state index in [1.165, 1.54) is 11.6 Å². The smallest absolute Gasteiger partial charge is 0.344 e. The lowest BCUT2D eigenvalue weighted by molar-refractivity contribution is 0.0737. The fourth-order valence-corrected chi connectivity index (χ4v) is 3.76. The largest absolute Gasteiger partial charge is 0.423 e. The molecule has 0 fully saturated rings. The number of nitrogens with zero attached hydrogens (tertiary/aromatic N) is 1. The number of hydrogen-bond donors (Lipinski definition) is 1. The summed E-state index contributed by atoms with van der Waals surface area (Å²) in [6.45, 7) is 0. The number of esters is 1. The minimum atomic E-state index is -0.401. The molecule has 0 aromatic heterocycles. The van der Waals surface area contributed by atoms with Gasteiger partial charge >= 0.3 is 5.97 Å². The Kier molecular flexibility index (Phi) is 3.69. The molecule has 4 nitrogen and oxygen atoms in total. The van der Waals surface area contributed by atoms with E-state index in [0.29, 0.717) is 16.9 Å². The average molecular weight is 365 g/mol. The van der Waals surface area contributed by atoms with Crippen LogP contribution in [0.5, 0.6) is 5.75 Å². The maximum absolute atomic E-state index is 12.9. The van der Waals surface area contributed by atoms with Crippen molar-refractivity contribution in [2.24, 2.45) is 5.16 Å². The third-order valence-corrected chi connectivity index (χ3v) is 5.05. The highest BCUT2D eigenvalue weighted by Crippen LogP contribution is 2.36. The molecule has 0 aliphatic rings. The summed E-state index contributed by atoms with van der Waals surface area (Å²) in [5.74, 6) is 0.0345. The predicted molar refractivity (Wildman–Crippen MR) is 111 cm³/mol. The molecular formula is C24H15NO3. The van der Waals surface area contributed by atoms with Crippen LogP contribution in [0, 0.1) is 0 Å². The Balaban J connectivity index is 1.61. The summed E-state index contributed by atoms with van der Waals surface area (Å²) < 4.78 is 5.58. The third kappa shape index (κ3) is 2.55. The highest BCUT2D eigenvalue weighted by Gasteiger charge is 2.16. The Labute approximate surface area is 160 Å². The van der Waals surface area contributed by atoms with Crippen molar-refractivity contribution < 1.29 is 14.7 Å². The van der Waals surface area contributed by atoms with Gasteiger partial charge in [0.25, 0.3) is 0 Å². The van der Waals surface area contributed by atoms with E-state index in [1.54, 1.807) is 24.3 Å². The van der Waals surface area contributed by atoms with Gasteiger partial charge in [-0.3, -0.25) is 0 Å². The van der Waals surface area contributed by atoms with Crippen LogP contribution in [0.1, 0.15) is 15.9 Å². The van der Waals surface area contributed by atoms with E-state index in [9.17, 15) is 4.79 Å². The molecule has 0 saturated heterocycles. The van der Waals surface area contributed by atoms with Gasteiger partial charge in [-0.15, -0.1) is 0 Å². The van der Waals surface area contributed by atoms with Crippen molar-refractivity contribution in [3.63, 3.8) is 0 Å². The van der Waals surface area contributed by atoms with E-state index in [1.807, 2.05) is 30.3 Å². The molecule has 28 heavy (non-hydrogen) atoms. The van der Waals surface area contributed by atoms with Crippen molar-refractivity contribution in [1.29, 1.82) is 0 Å². The number of carbonyl (C=O) groups excluding carboxylic acids is 1. The zero-order chi connectivity index (χ0) is 19.1. The molecule has 0 saturated carbocycles. The molecule has 4 heteroatoms. The second kappa shape index (κ2) is 6.35. The Hall–Kier alpha value is -3.92. The van der Waals surface area contributed by atoms with Crippen LogP contribution in [0.25, 0.3) is 32.3 Å². The number of benzene rings is 5. The standard InChI is InChI=1S/C24H15NO3/c26-24(28-19-10-4-15(5-11-19)14-25-27)21-13-9-18-7-6-16-2-1-3-17-8-12-20(21)23(18)22(16)17/h1-14,27H/b25-14-. The quantitative estimate of drug-likeness (QED) is 0.113. The fraction of sp³-hybridized carbons (Fsp3) is 0. The Morgan fingerprint density at radius 3 is 2.14 bits per heavy atom. The monoisotopic (exact) mass is 365 g/mol. The molecule has 0 aliphatic carbocycles. The van der Waals surface area contributed by atoms with Gasteiger partial charge in [-0.2, -0.15) is 0 Å². The molecule has 0 bridgehead atoms. The maximum Gasteiger partial charge on any atom is 0.344 e. The van der Waals surface area contributed by atoms with Crippen molar-refractivity contribution >= 4 is 44.5 Å². The van der Waals surface area contributed by atoms with E-state index in [4.69, 9.17) is 9.94 Å². The summed E-state index contributed by atoms with van der Waals surface area (Å²) in [6, 6.07) is 25.0. The van der Waals surface area contributed by atoms with Gasteiger partial charge in [0.2, 0.25) is 0 Å². The molecular weight excluding hydrogens is 350 g/mol. The molecule has 1 N–H and O–H groups in total. The molecule has 0 aliphatic heterocycles. The second-order valence-electron chi connectivity index (χ2n) is 6.67. The van der Waals surface area contributed by atoms with Crippen molar-refractivity contribution in [1.82, 2.24) is 0 Å². The summed E-state index contributed by atoms with van der Waals surface area (Å²) in [6.07, 6.45) is 1.31. The van der Waals surface area contributed by atoms with Gasteiger partial charge in [0.05, 0.1) is 11.8 Å². The molecule has 0 atom stereocenters. The highest BCUT2D eigenvalue weighted by molar-refractivity contribution is 6.26. The second-order valence-corrected chi connectivity index (χ2v) is 6.67. The summed E-state index contributed by atoms with van der Waals surface area (Å²) >= 11 is 0. The lowest BCUT2D eigenvalue weighted by Gasteiger charge is -2.13. The zero-order valence-electron chi connectivity index (χ0n) is 14.8. The van der Waals surface area contributed by atoms with Crippen LogP contribution in [-0.2, 0) is 0 Å². The van der Waals surface area contributed by atoms with Crippen molar-refractivity contribution in [2.75, 3.05) is 0 Å². The number of carbonyl (C=O) groups is 1. The topological polar surface area (TPSA) is 58.9 Å². The molecule has 0 radical (unpaired) electrons. The van der Waals surface area contributed by atoms with Gasteiger partial charge in [0.15, 0.2) is 0 Å². The van der Waals surface area contributed by atoms with E-state index in [-0.39, 0.29) is 0 Å². The normalized spacial score (nSPS) is 11.7. The highest BCUT2D eigenvalue weighted by atomic mass is 16.5. The number of oxime groups is 1. The van der Waals surface area contributed by atoms with Crippen LogP contribution >= 0.6 is 0 Å². The van der Waals surface area contributed by atoms with Gasteiger partial charge in [0, 0.05) is 0 Å². The van der Waals surface area contributed by atoms with E-state index < -0.39 is 5.97 Å². The van der Waals surface area contributed by atoms with Crippen LogP contribution in [0.4, 0.5) is 0 Å². The molecule has 0 unspecified atom stereocenters. The first-order valence-electron chi connectivity index (χ1n) is 8.91. The number of ether oxygens (including phenoxy) is 1. The van der Waals surface area contributed by atoms with Gasteiger partial charge < -0.3 is 9.94 Å². The predicted octanol–water partition coefficient (Wildman–Crippen LogP) is 5.61. The zero-order valence-corrected chi connectivity index (χ0v) is 14.8. The Bertz CT molecular complexity index is 1340. The summed E-state index contributed by atoms with van der Waals surface area (Å²) in [5, 5.41) is 18.1. The number of hydrogen-bond acceptors (Lipinski definition) is 4. The average Bonchev–Trinajstić information content (AvgIpc) is 2.73. The SMILES string of the molecule is O=C(Oc1ccc(/C=N\O)cc1)c1ccc2ccc3cccc4ccc1c2c34. The first kappa shape index (κ1) is 16.3. The van der Waals surface area contributed by atoms with E-state index >= 15 is 0 Å². The molecule has 0 heterocycles. The minimum Gasteiger partial charge on any atom is -0.423 e. The van der Waals surface area contributed by atoms with E-state index in [0.717, 1.165) is 26.9 Å². The van der Waals surface area contributed by atoms with Crippen LogP contribution < -0.4 is 4.74 Å². The molecule has 5 aromatic carbocycles. The molecule has 0 spiro atoms. The summed E-state index contributed by atoms with van der Waals surface area (Å²) in [7, 11) is 0. The van der Waals surface area contributed by atoms with Crippen LogP contribution in [0.3, 0.4) is 0 Å². The van der Waals surface area contributed by atoms with Gasteiger partial charge in [-0.05, 0) is 68.2 Å². The summed E-state index contributed by atoms with van der Waals surface area (Å²) in [5.41, 5.74) is 1.25. The van der Waals surface area contributed by atoms with Gasteiger partial charge in [-0.25, -0.2) is 4.79 Å². The Morgan fingerprint density at radius 2 is 1.43 bits per heavy atom. The molecule has 0 amide bonds. The van der Waals surface area contributed by atoms with Crippen molar-refractivity contribution in [3.05, 3.63) is 90.0 Å². The fourth-order valence-electron chi connectivity index (χ4n) is 3.76. The van der Waals surface area contributed by atoms with Gasteiger partial charge in [-0.1, -0.05) is 53.7 Å². The van der Waals surface area contributed by atoms with Crippen LogP contribution in [-0.4, -0.2) is 17.4 Å². The van der Waals surface area contributed by atoms with Crippen LogP contribution in [0.2, 0.25) is 0 Å². The first-order valence-corrected chi connectivity index (χ1v) is 8.91. The molecule has 5 rings (SSSR count). The first-order chi connectivity index (χ1) is 13.7. The maximum atomic E-state index is 12.9. The number of rotatable bonds is 3. The summed E-state index contributed by atoms with van der Waals surface area (Å²) in [4.78, 5) is 12.9. The Morgan fingerprint density at radius 1 is 0.786 bits per heavy atom. The lowest BCUT2D eigenvalue weighted by Crippen LogP contribution is -2.09. The van der Waals surface area contributed by atoms with Gasteiger partial charge in [0.1, 0.15) is 5.75 Å². The third-order valence-electron chi connectivity index (χ3n) is 5.05. The van der Waals surface area contributed by atoms with Crippen LogP contribution in [0.15, 0.2) is 84.0 Å². The molecule has 5 aromatic rings. The minimum absolute atomic E-state index is 0.401. The van der Waals surface area contributed by atoms with Crippen molar-refractivity contribution in [2.45, 2.75) is 0 Å².